The van der Waals surface area contributed by atoms with Gasteiger partial charge in [0, 0.05) is 25.7 Å². The molecule has 12 nitrogen and oxygen atoms in total. The Morgan fingerprint density at radius 3 is 2.00 bits per heavy atom. The number of aliphatic hydroxyl groups is 2. The maximum atomic E-state index is 12.7. The van der Waals surface area contributed by atoms with Crippen LogP contribution in [0.15, 0.2) is 77.3 Å². The zero-order chi connectivity index (χ0) is 46.8. The Labute approximate surface area is 380 Å². The monoisotopic (exact) mass is 904 g/mol. The number of aliphatic hydroxyl groups excluding tert-OH is 2. The minimum Gasteiger partial charge on any atom is -0.756 e. The number of rotatable bonds is 37. The highest BCUT2D eigenvalue weighted by Crippen LogP contribution is 2.38. The first-order chi connectivity index (χ1) is 30.1. The normalized spacial score (nSPS) is 15.1. The summed E-state index contributed by atoms with van der Waals surface area (Å²) < 4.78 is 40.0. The second-order valence-corrected chi connectivity index (χ2v) is 18.4. The quantitative estimate of drug-likeness (QED) is 0.0163. The van der Waals surface area contributed by atoms with Crippen molar-refractivity contribution in [1.29, 1.82) is 0 Å². The van der Waals surface area contributed by atoms with Gasteiger partial charge in [-0.25, -0.2) is 0 Å². The van der Waals surface area contributed by atoms with Crippen molar-refractivity contribution in [3.63, 3.8) is 0 Å². The van der Waals surface area contributed by atoms with Crippen LogP contribution in [-0.4, -0.2) is 92.5 Å². The molecule has 358 valence electrons. The molecule has 1 heterocycles. The van der Waals surface area contributed by atoms with Crippen LogP contribution in [0.5, 0.6) is 0 Å². The van der Waals surface area contributed by atoms with Gasteiger partial charge >= 0.3 is 11.9 Å². The summed E-state index contributed by atoms with van der Waals surface area (Å²) in [4.78, 5) is 37.8. The molecule has 0 aliphatic carbocycles. The minimum absolute atomic E-state index is 0.0247. The molecule has 13 heteroatoms. The Hall–Kier alpha value is -3.35. The van der Waals surface area contributed by atoms with E-state index < -0.39 is 44.7 Å². The minimum atomic E-state index is -4.70. The molecule has 0 fully saturated rings. The number of furan rings is 1. The van der Waals surface area contributed by atoms with Crippen LogP contribution < -0.4 is 4.89 Å². The van der Waals surface area contributed by atoms with Crippen molar-refractivity contribution in [3.05, 3.63) is 95.6 Å². The molecule has 1 rings (SSSR count). The number of esters is 2. The average Bonchev–Trinajstić information content (AvgIpc) is 3.49. The first kappa shape index (κ1) is 57.7. The second-order valence-electron chi connectivity index (χ2n) is 17.0. The molecule has 0 aliphatic rings. The molecule has 0 amide bonds. The van der Waals surface area contributed by atoms with Gasteiger partial charge in [-0.3, -0.25) is 14.2 Å². The molecule has 1 aromatic rings. The van der Waals surface area contributed by atoms with E-state index in [1.165, 1.54) is 24.0 Å². The van der Waals surface area contributed by atoms with Crippen LogP contribution in [0.25, 0.3) is 0 Å². The van der Waals surface area contributed by atoms with Gasteiger partial charge in [0.2, 0.25) is 0 Å². The zero-order valence-corrected chi connectivity index (χ0v) is 40.6. The van der Waals surface area contributed by atoms with E-state index in [9.17, 15) is 29.3 Å². The molecular weight excluding hydrogens is 822 g/mol. The molecular formula is C50H82NO11P. The Morgan fingerprint density at radius 2 is 1.35 bits per heavy atom. The van der Waals surface area contributed by atoms with Gasteiger partial charge in [-0.1, -0.05) is 125 Å². The number of phosphoric ester groups is 1. The summed E-state index contributed by atoms with van der Waals surface area (Å²) >= 11 is 0. The molecule has 4 atom stereocenters. The van der Waals surface area contributed by atoms with Gasteiger partial charge in [-0.05, 0) is 76.3 Å². The Balaban J connectivity index is 2.48. The number of hydrogen-bond acceptors (Lipinski definition) is 11. The number of aryl methyl sites for hydroxylation is 2. The van der Waals surface area contributed by atoms with E-state index in [0.29, 0.717) is 43.1 Å². The molecule has 0 saturated heterocycles. The third-order valence-corrected chi connectivity index (χ3v) is 11.1. The van der Waals surface area contributed by atoms with Crippen molar-refractivity contribution in [1.82, 2.24) is 0 Å². The highest BCUT2D eigenvalue weighted by atomic mass is 31.2. The van der Waals surface area contributed by atoms with E-state index in [-0.39, 0.29) is 26.1 Å². The van der Waals surface area contributed by atoms with Gasteiger partial charge in [0.05, 0.1) is 40.0 Å². The largest absolute Gasteiger partial charge is 0.756 e. The molecule has 0 aliphatic heterocycles. The number of hydrogen-bond donors (Lipinski definition) is 2. The number of allylic oxidation sites excluding steroid dienone is 8. The van der Waals surface area contributed by atoms with Crippen LogP contribution in [0.2, 0.25) is 0 Å². The van der Waals surface area contributed by atoms with Crippen LogP contribution in [0, 0.1) is 13.8 Å². The lowest BCUT2D eigenvalue weighted by Gasteiger charge is -2.28. The summed E-state index contributed by atoms with van der Waals surface area (Å²) in [5.74, 6) is 1.19. The lowest BCUT2D eigenvalue weighted by Crippen LogP contribution is -2.37. The van der Waals surface area contributed by atoms with Crippen LogP contribution >= 0.6 is 7.82 Å². The summed E-state index contributed by atoms with van der Waals surface area (Å²) in [6, 6.07) is 0. The van der Waals surface area contributed by atoms with Crippen molar-refractivity contribution in [2.24, 2.45) is 0 Å². The summed E-state index contributed by atoms with van der Waals surface area (Å²) in [6.45, 7) is 8.02. The first-order valence-electron chi connectivity index (χ1n) is 23.2. The molecule has 0 saturated carbocycles. The number of likely N-dealkylation sites (N-methyl/N-ethyl adjacent to an activating group) is 1. The standard InChI is InChI=1S/C50H82NO11P/c1-8-10-22-30-44(52)31-24-17-13-12-14-18-25-32-45(53)33-26-21-29-37-50(55)61-46(41-60-63(56,57)59-39-38-51(5,6)7)40-58-49(54)36-28-20-16-15-19-27-35-48-43(4)42(3)47(62-48)34-23-11-9-2/h10,13-14,17-18,22,24-26,31-33,44-46,52-53H,8-9,11-12,15-16,19-21,23,27-30,34-41H2,1-7H3/b17-13-,18-14-,22-10-,31-24+,32-25+,33-26-/t44-,45-,46+/m0/s1. The number of unbranched alkanes of at least 4 members (excludes halogenated alkanes) is 8. The molecule has 0 spiro atoms. The lowest BCUT2D eigenvalue weighted by atomic mass is 10.0. The van der Waals surface area contributed by atoms with E-state index in [0.717, 1.165) is 69.3 Å². The number of carbonyl (C=O) groups is 2. The molecule has 63 heavy (non-hydrogen) atoms. The van der Waals surface area contributed by atoms with Gasteiger partial charge in [0.25, 0.3) is 7.82 Å². The molecule has 0 aromatic carbocycles. The number of ether oxygens (including phenoxy) is 2. The lowest BCUT2D eigenvalue weighted by molar-refractivity contribution is -0.870. The van der Waals surface area contributed by atoms with Gasteiger partial charge in [0.15, 0.2) is 6.10 Å². The first-order valence-corrected chi connectivity index (χ1v) is 24.7. The Bertz CT molecular complexity index is 1620. The fourth-order valence-corrected chi connectivity index (χ4v) is 6.89. The predicted molar refractivity (Wildman–Crippen MR) is 251 cm³/mol. The van der Waals surface area contributed by atoms with Crippen LogP contribution in [0.4, 0.5) is 0 Å². The Morgan fingerprint density at radius 1 is 0.730 bits per heavy atom. The van der Waals surface area contributed by atoms with Gasteiger partial charge in [-0.15, -0.1) is 0 Å². The van der Waals surface area contributed by atoms with Crippen LogP contribution in [0.3, 0.4) is 0 Å². The van der Waals surface area contributed by atoms with Crippen LogP contribution in [0.1, 0.15) is 139 Å². The smallest absolute Gasteiger partial charge is 0.306 e. The van der Waals surface area contributed by atoms with Gasteiger partial charge < -0.3 is 42.5 Å². The second kappa shape index (κ2) is 35.0. The topological polar surface area (TPSA) is 165 Å². The highest BCUT2D eigenvalue weighted by Gasteiger charge is 2.22. The maximum absolute atomic E-state index is 12.7. The summed E-state index contributed by atoms with van der Waals surface area (Å²) in [6.07, 6.45) is 34.2. The summed E-state index contributed by atoms with van der Waals surface area (Å²) in [5, 5.41) is 20.1. The molecule has 0 bridgehead atoms. The van der Waals surface area contributed by atoms with Crippen LogP contribution in [-0.2, 0) is 45.5 Å². The summed E-state index contributed by atoms with van der Waals surface area (Å²) in [5.41, 5.74) is 2.57. The highest BCUT2D eigenvalue weighted by molar-refractivity contribution is 7.45. The van der Waals surface area contributed by atoms with Gasteiger partial charge in [-0.2, -0.15) is 0 Å². The Kier molecular flexibility index (Phi) is 32.0. The maximum Gasteiger partial charge on any atom is 0.306 e. The average molecular weight is 904 g/mol. The van der Waals surface area contributed by atoms with E-state index in [2.05, 4.69) is 27.7 Å². The zero-order valence-electron chi connectivity index (χ0n) is 39.7. The molecule has 0 radical (unpaired) electrons. The third kappa shape index (κ3) is 32.0. The predicted octanol–water partition coefficient (Wildman–Crippen LogP) is 9.98. The van der Waals surface area contributed by atoms with Gasteiger partial charge in [0.1, 0.15) is 31.3 Å². The fourth-order valence-electron chi connectivity index (χ4n) is 6.16. The van der Waals surface area contributed by atoms with E-state index >= 15 is 0 Å². The molecule has 1 unspecified atom stereocenters. The van der Waals surface area contributed by atoms with Crippen molar-refractivity contribution in [2.75, 3.05) is 47.5 Å². The van der Waals surface area contributed by atoms with Crippen molar-refractivity contribution in [3.8, 4) is 0 Å². The number of carbonyl (C=O) groups excluding carboxylic acids is 2. The SMILES string of the molecule is CC/C=C\C[C@H](O)/C=C/C=C\C/C=C\C=C\[C@H](O)/C=C\CCCC(=O)O[C@H](COC(=O)CCCCCCCCc1oc(CCCCC)c(C)c1C)COP(=O)([O-])OCC[N+](C)(C)C. The van der Waals surface area contributed by atoms with Crippen molar-refractivity contribution >= 4 is 19.8 Å². The van der Waals surface area contributed by atoms with Crippen molar-refractivity contribution < 1.29 is 56.7 Å². The third-order valence-electron chi connectivity index (χ3n) is 10.1. The molecule has 2 N–H and O–H groups in total. The van der Waals surface area contributed by atoms with Crippen molar-refractivity contribution in [2.45, 2.75) is 162 Å². The van der Waals surface area contributed by atoms with E-state index in [1.807, 2.05) is 63.7 Å². The van der Waals surface area contributed by atoms with E-state index in [1.54, 1.807) is 30.4 Å². The number of nitrogens with zero attached hydrogens (tertiary/aromatic N) is 1. The number of phosphoric acid groups is 1. The molecule has 1 aromatic heterocycles. The summed E-state index contributed by atoms with van der Waals surface area (Å²) in [7, 11) is 0.996. The fraction of sp³-hybridized carbons (Fsp3) is 0.640. The van der Waals surface area contributed by atoms with E-state index in [4.69, 9.17) is 22.9 Å². The number of quaternary nitrogens is 1.